The molecule has 0 bridgehead atoms. The molecule has 0 aromatic heterocycles. The number of hydrogen-bond donors (Lipinski definition) is 0. The van der Waals surface area contributed by atoms with Gasteiger partial charge in [0, 0.05) is 18.7 Å². The van der Waals surface area contributed by atoms with E-state index in [4.69, 9.17) is 0 Å². The molecule has 2 rings (SSSR count). The Morgan fingerprint density at radius 2 is 2.20 bits per heavy atom. The highest BCUT2D eigenvalue weighted by Gasteiger charge is 2.23. The zero-order valence-electron chi connectivity index (χ0n) is 12.0. The molecule has 1 aromatic rings. The molecule has 0 N–H and O–H groups in total. The fourth-order valence-electron chi connectivity index (χ4n) is 3.02. The predicted molar refractivity (Wildman–Crippen MR) is 75.9 cm³/mol. The molecule has 4 nitrogen and oxygen atoms in total. The van der Waals surface area contributed by atoms with Crippen molar-refractivity contribution in [3.8, 4) is 0 Å². The molecule has 1 saturated carbocycles. The van der Waals surface area contributed by atoms with Crippen LogP contribution in [0.5, 0.6) is 0 Å². The number of benzene rings is 1. The molecule has 0 radical (unpaired) electrons. The summed E-state index contributed by atoms with van der Waals surface area (Å²) in [6.45, 7) is 2.90. The van der Waals surface area contributed by atoms with E-state index in [-0.39, 0.29) is 0 Å². The summed E-state index contributed by atoms with van der Waals surface area (Å²) < 4.78 is 13.6. The second-order valence-corrected chi connectivity index (χ2v) is 5.88. The number of nitrogens with zero attached hydrogens (tertiary/aromatic N) is 2. The lowest BCUT2D eigenvalue weighted by atomic mass is 9.86. The van der Waals surface area contributed by atoms with E-state index in [1.807, 2.05) is 7.05 Å². The molecule has 5 heteroatoms. The second kappa shape index (κ2) is 6.31. The van der Waals surface area contributed by atoms with Crippen LogP contribution < -0.4 is 0 Å². The molecular weight excluding hydrogens is 259 g/mol. The van der Waals surface area contributed by atoms with Crippen molar-refractivity contribution in [2.75, 3.05) is 7.05 Å². The van der Waals surface area contributed by atoms with Crippen LogP contribution in [0, 0.1) is 21.8 Å². The highest BCUT2D eigenvalue weighted by Crippen LogP contribution is 2.28. The molecule has 1 aliphatic carbocycles. The van der Waals surface area contributed by atoms with Crippen molar-refractivity contribution < 1.29 is 9.31 Å². The van der Waals surface area contributed by atoms with Gasteiger partial charge in [-0.15, -0.1) is 0 Å². The Labute approximate surface area is 118 Å². The lowest BCUT2D eigenvalue weighted by Crippen LogP contribution is -2.35. The van der Waals surface area contributed by atoms with Crippen LogP contribution in [0.2, 0.25) is 0 Å². The van der Waals surface area contributed by atoms with Crippen LogP contribution in [0.15, 0.2) is 18.2 Å². The van der Waals surface area contributed by atoms with Gasteiger partial charge < -0.3 is 0 Å². The van der Waals surface area contributed by atoms with Gasteiger partial charge >= 0.3 is 5.69 Å². The smallest absolute Gasteiger partial charge is 0.299 e. The van der Waals surface area contributed by atoms with Crippen LogP contribution in [0.1, 0.15) is 38.2 Å². The second-order valence-electron chi connectivity index (χ2n) is 5.88. The van der Waals surface area contributed by atoms with Crippen molar-refractivity contribution in [2.45, 2.75) is 45.2 Å². The molecule has 0 saturated heterocycles. The van der Waals surface area contributed by atoms with Gasteiger partial charge in [-0.05, 0) is 37.4 Å². The van der Waals surface area contributed by atoms with E-state index in [0.29, 0.717) is 12.6 Å². The Morgan fingerprint density at radius 3 is 2.80 bits per heavy atom. The lowest BCUT2D eigenvalue weighted by Gasteiger charge is -2.34. The SMILES string of the molecule is CC1CCCC(N(C)Cc2ccc([N+](=O)[O-])c(F)c2)C1. The third-order valence-corrected chi connectivity index (χ3v) is 4.17. The molecule has 0 heterocycles. The average molecular weight is 280 g/mol. The number of hydrogen-bond acceptors (Lipinski definition) is 3. The van der Waals surface area contributed by atoms with Gasteiger partial charge in [0.15, 0.2) is 0 Å². The average Bonchev–Trinajstić information content (AvgIpc) is 2.38. The normalized spacial score (nSPS) is 23.0. The molecule has 1 aliphatic rings. The van der Waals surface area contributed by atoms with Gasteiger partial charge in [0.05, 0.1) is 4.92 Å². The molecular formula is C15H21FN2O2. The molecule has 1 aromatic carbocycles. The van der Waals surface area contributed by atoms with E-state index in [2.05, 4.69) is 11.8 Å². The highest BCUT2D eigenvalue weighted by atomic mass is 19.1. The number of nitro groups is 1. The first-order valence-corrected chi connectivity index (χ1v) is 7.10. The predicted octanol–water partition coefficient (Wildman–Crippen LogP) is 3.74. The van der Waals surface area contributed by atoms with Gasteiger partial charge in [0.2, 0.25) is 5.82 Å². The van der Waals surface area contributed by atoms with Gasteiger partial charge in [-0.2, -0.15) is 4.39 Å². The van der Waals surface area contributed by atoms with Gasteiger partial charge in [-0.1, -0.05) is 25.8 Å². The maximum absolute atomic E-state index is 13.6. The summed E-state index contributed by atoms with van der Waals surface area (Å²) in [5.41, 5.74) is 0.330. The van der Waals surface area contributed by atoms with E-state index < -0.39 is 16.4 Å². The number of halogens is 1. The summed E-state index contributed by atoms with van der Waals surface area (Å²) in [5, 5.41) is 10.6. The monoisotopic (exact) mass is 280 g/mol. The molecule has 20 heavy (non-hydrogen) atoms. The minimum atomic E-state index is -0.752. The number of rotatable bonds is 4. The summed E-state index contributed by atoms with van der Waals surface area (Å²) in [4.78, 5) is 12.1. The fourth-order valence-corrected chi connectivity index (χ4v) is 3.02. The van der Waals surface area contributed by atoms with E-state index in [1.54, 1.807) is 6.07 Å². The van der Waals surface area contributed by atoms with Gasteiger partial charge in [-0.3, -0.25) is 15.0 Å². The van der Waals surface area contributed by atoms with Crippen LogP contribution in [0.3, 0.4) is 0 Å². The van der Waals surface area contributed by atoms with Crippen molar-refractivity contribution in [1.29, 1.82) is 0 Å². The van der Waals surface area contributed by atoms with E-state index in [1.165, 1.54) is 37.8 Å². The van der Waals surface area contributed by atoms with E-state index in [9.17, 15) is 14.5 Å². The summed E-state index contributed by atoms with van der Waals surface area (Å²) in [5.74, 6) is -0.0114. The zero-order chi connectivity index (χ0) is 14.7. The standard InChI is InChI=1S/C15H21FN2O2/c1-11-4-3-5-13(8-11)17(2)10-12-6-7-15(18(19)20)14(16)9-12/h6-7,9,11,13H,3-5,8,10H2,1-2H3. The minimum absolute atomic E-state index is 0.456. The number of nitro benzene ring substituents is 1. The molecule has 1 fully saturated rings. The molecule has 0 spiro atoms. The first-order chi connectivity index (χ1) is 9.47. The molecule has 2 atom stereocenters. The lowest BCUT2D eigenvalue weighted by molar-refractivity contribution is -0.387. The van der Waals surface area contributed by atoms with Gasteiger partial charge in [0.1, 0.15) is 0 Å². The van der Waals surface area contributed by atoms with E-state index in [0.717, 1.165) is 11.5 Å². The largest absolute Gasteiger partial charge is 0.304 e. The van der Waals surface area contributed by atoms with Crippen molar-refractivity contribution in [1.82, 2.24) is 4.90 Å². The molecule has 0 aliphatic heterocycles. The van der Waals surface area contributed by atoms with Crippen LogP contribution in [-0.4, -0.2) is 22.9 Å². The van der Waals surface area contributed by atoms with Crippen molar-refractivity contribution in [3.05, 3.63) is 39.7 Å². The third kappa shape index (κ3) is 3.54. The van der Waals surface area contributed by atoms with Crippen LogP contribution >= 0.6 is 0 Å². The first kappa shape index (κ1) is 14.9. The molecule has 0 amide bonds. The summed E-state index contributed by atoms with van der Waals surface area (Å²) >= 11 is 0. The van der Waals surface area contributed by atoms with Gasteiger partial charge in [0.25, 0.3) is 0 Å². The Morgan fingerprint density at radius 1 is 1.45 bits per heavy atom. The van der Waals surface area contributed by atoms with Crippen molar-refractivity contribution >= 4 is 5.69 Å². The van der Waals surface area contributed by atoms with Crippen molar-refractivity contribution in [2.24, 2.45) is 5.92 Å². The molecule has 110 valence electrons. The zero-order valence-corrected chi connectivity index (χ0v) is 12.0. The highest BCUT2D eigenvalue weighted by molar-refractivity contribution is 5.34. The Balaban J connectivity index is 2.02. The minimum Gasteiger partial charge on any atom is -0.299 e. The maximum atomic E-state index is 13.6. The van der Waals surface area contributed by atoms with Crippen LogP contribution in [0.25, 0.3) is 0 Å². The topological polar surface area (TPSA) is 46.4 Å². The maximum Gasteiger partial charge on any atom is 0.304 e. The van der Waals surface area contributed by atoms with Crippen LogP contribution in [0.4, 0.5) is 10.1 Å². The Hall–Kier alpha value is -1.49. The summed E-state index contributed by atoms with van der Waals surface area (Å²) in [6.07, 6.45) is 4.88. The molecule has 2 unspecified atom stereocenters. The fraction of sp³-hybridized carbons (Fsp3) is 0.600. The van der Waals surface area contributed by atoms with Crippen LogP contribution in [-0.2, 0) is 6.54 Å². The van der Waals surface area contributed by atoms with E-state index >= 15 is 0 Å². The van der Waals surface area contributed by atoms with Crippen molar-refractivity contribution in [3.63, 3.8) is 0 Å². The Kier molecular flexibility index (Phi) is 4.70. The summed E-state index contributed by atoms with van der Waals surface area (Å²) in [6, 6.07) is 4.70. The quantitative estimate of drug-likeness (QED) is 0.623. The van der Waals surface area contributed by atoms with Gasteiger partial charge in [-0.25, -0.2) is 0 Å². The first-order valence-electron chi connectivity index (χ1n) is 7.10. The summed E-state index contributed by atoms with van der Waals surface area (Å²) in [7, 11) is 2.04. The Bertz CT molecular complexity index is 493. The third-order valence-electron chi connectivity index (χ3n) is 4.17.